The van der Waals surface area contributed by atoms with E-state index < -0.39 is 30.1 Å². The van der Waals surface area contributed by atoms with Crippen molar-refractivity contribution in [1.29, 1.82) is 0 Å². The number of carbonyl (C=O) groups is 2. The Labute approximate surface area is 102 Å². The fourth-order valence-electron chi connectivity index (χ4n) is 1.88. The van der Waals surface area contributed by atoms with Gasteiger partial charge >= 0.3 is 18.2 Å². The van der Waals surface area contributed by atoms with Gasteiger partial charge in [-0.1, -0.05) is 0 Å². The molecule has 0 aliphatic carbocycles. The first-order chi connectivity index (χ1) is 8.05. The van der Waals surface area contributed by atoms with Crippen molar-refractivity contribution in [3.63, 3.8) is 0 Å². The number of urea groups is 1. The van der Waals surface area contributed by atoms with Gasteiger partial charge in [-0.25, -0.2) is 4.79 Å². The summed E-state index contributed by atoms with van der Waals surface area (Å²) in [6, 6.07) is -0.794. The molecule has 0 bridgehead atoms. The predicted molar refractivity (Wildman–Crippen MR) is 56.0 cm³/mol. The first-order valence-corrected chi connectivity index (χ1v) is 5.35. The van der Waals surface area contributed by atoms with Crippen molar-refractivity contribution in [2.75, 3.05) is 26.7 Å². The lowest BCUT2D eigenvalue weighted by Gasteiger charge is -2.26. The monoisotopic (exact) mass is 268 g/mol. The normalized spacial score (nSPS) is 24.2. The molecule has 8 heteroatoms. The molecule has 1 aliphatic heterocycles. The zero-order valence-corrected chi connectivity index (χ0v) is 10.1. The first kappa shape index (κ1) is 14.6. The van der Waals surface area contributed by atoms with E-state index in [-0.39, 0.29) is 19.5 Å². The second-order valence-corrected chi connectivity index (χ2v) is 4.79. The summed E-state index contributed by atoms with van der Waals surface area (Å²) in [7, 11) is 1.05. The summed E-state index contributed by atoms with van der Waals surface area (Å²) in [5, 5.41) is 8.97. The number of hydrogen-bond acceptors (Lipinski definition) is 2. The van der Waals surface area contributed by atoms with Gasteiger partial charge in [-0.3, -0.25) is 4.79 Å². The van der Waals surface area contributed by atoms with Crippen molar-refractivity contribution in [3.8, 4) is 0 Å². The number of rotatable bonds is 2. The summed E-state index contributed by atoms with van der Waals surface area (Å²) >= 11 is 0. The minimum atomic E-state index is -4.46. The van der Waals surface area contributed by atoms with Gasteiger partial charge in [0.25, 0.3) is 0 Å². The van der Waals surface area contributed by atoms with Gasteiger partial charge in [0.15, 0.2) is 0 Å². The van der Waals surface area contributed by atoms with E-state index in [0.717, 1.165) is 11.9 Å². The molecule has 2 amide bonds. The quantitative estimate of drug-likeness (QED) is 0.823. The van der Waals surface area contributed by atoms with Gasteiger partial charge in [-0.05, 0) is 13.3 Å². The van der Waals surface area contributed by atoms with Crippen LogP contribution >= 0.6 is 0 Å². The predicted octanol–water partition coefficient (Wildman–Crippen LogP) is 1.40. The summed E-state index contributed by atoms with van der Waals surface area (Å²) in [5.41, 5.74) is -1.07. The van der Waals surface area contributed by atoms with E-state index in [2.05, 4.69) is 0 Å². The molecule has 0 radical (unpaired) electrons. The molecule has 1 unspecified atom stereocenters. The molecule has 1 aliphatic rings. The average molecular weight is 268 g/mol. The van der Waals surface area contributed by atoms with E-state index in [9.17, 15) is 22.8 Å². The molecular weight excluding hydrogens is 253 g/mol. The second-order valence-electron chi connectivity index (χ2n) is 4.79. The molecule has 18 heavy (non-hydrogen) atoms. The van der Waals surface area contributed by atoms with Crippen LogP contribution in [-0.4, -0.2) is 59.8 Å². The number of likely N-dealkylation sites (tertiary alicyclic amines) is 1. The molecular formula is C10H15F3N2O3. The third kappa shape index (κ3) is 3.27. The Kier molecular flexibility index (Phi) is 3.78. The number of aliphatic carboxylic acids is 1. The van der Waals surface area contributed by atoms with E-state index in [0.29, 0.717) is 4.90 Å². The summed E-state index contributed by atoms with van der Waals surface area (Å²) in [5.74, 6) is -1.05. The highest BCUT2D eigenvalue weighted by Gasteiger charge is 2.43. The van der Waals surface area contributed by atoms with Crippen LogP contribution in [0.2, 0.25) is 0 Å². The number of amides is 2. The molecule has 0 aromatic rings. The molecule has 0 aromatic carbocycles. The van der Waals surface area contributed by atoms with Crippen molar-refractivity contribution in [2.45, 2.75) is 19.5 Å². The molecule has 0 aromatic heterocycles. The molecule has 5 nitrogen and oxygen atoms in total. The lowest BCUT2D eigenvalue weighted by atomic mass is 9.90. The Morgan fingerprint density at radius 1 is 1.44 bits per heavy atom. The molecule has 1 atom stereocenters. The maximum absolute atomic E-state index is 12.1. The van der Waals surface area contributed by atoms with Gasteiger partial charge in [0.1, 0.15) is 6.54 Å². The maximum atomic E-state index is 12.1. The maximum Gasteiger partial charge on any atom is 0.406 e. The minimum Gasteiger partial charge on any atom is -0.481 e. The second kappa shape index (κ2) is 4.66. The van der Waals surface area contributed by atoms with Gasteiger partial charge in [0.2, 0.25) is 0 Å². The van der Waals surface area contributed by atoms with E-state index in [1.54, 1.807) is 0 Å². The topological polar surface area (TPSA) is 60.9 Å². The van der Waals surface area contributed by atoms with Crippen molar-refractivity contribution < 1.29 is 27.9 Å². The van der Waals surface area contributed by atoms with Crippen LogP contribution in [0.25, 0.3) is 0 Å². The molecule has 0 spiro atoms. The lowest BCUT2D eigenvalue weighted by molar-refractivity contribution is -0.147. The highest BCUT2D eigenvalue weighted by molar-refractivity contribution is 5.79. The molecule has 1 saturated heterocycles. The number of carboxylic acids is 1. The Hall–Kier alpha value is -1.47. The van der Waals surface area contributed by atoms with Crippen LogP contribution in [0.1, 0.15) is 13.3 Å². The third-order valence-corrected chi connectivity index (χ3v) is 3.00. The smallest absolute Gasteiger partial charge is 0.406 e. The van der Waals surface area contributed by atoms with E-state index in [4.69, 9.17) is 5.11 Å². The molecule has 1 fully saturated rings. The van der Waals surface area contributed by atoms with Crippen molar-refractivity contribution in [3.05, 3.63) is 0 Å². The summed E-state index contributed by atoms with van der Waals surface area (Å²) in [6.07, 6.45) is -4.21. The van der Waals surface area contributed by atoms with Crippen LogP contribution in [0.3, 0.4) is 0 Å². The number of hydrogen-bond donors (Lipinski definition) is 1. The van der Waals surface area contributed by atoms with Gasteiger partial charge < -0.3 is 14.9 Å². The van der Waals surface area contributed by atoms with Gasteiger partial charge in [0, 0.05) is 20.1 Å². The van der Waals surface area contributed by atoms with Crippen molar-refractivity contribution >= 4 is 12.0 Å². The van der Waals surface area contributed by atoms with E-state index >= 15 is 0 Å². The lowest BCUT2D eigenvalue weighted by Crippen LogP contribution is -2.45. The highest BCUT2D eigenvalue weighted by atomic mass is 19.4. The van der Waals surface area contributed by atoms with Crippen LogP contribution in [0.4, 0.5) is 18.0 Å². The SMILES string of the molecule is CN(CC(F)(F)F)C(=O)N1CCC(C)(C(=O)O)C1. The van der Waals surface area contributed by atoms with Crippen LogP contribution in [-0.2, 0) is 4.79 Å². The fraction of sp³-hybridized carbons (Fsp3) is 0.800. The summed E-state index contributed by atoms with van der Waals surface area (Å²) in [4.78, 5) is 24.3. The van der Waals surface area contributed by atoms with Gasteiger partial charge in [-0.2, -0.15) is 13.2 Å². The summed E-state index contributed by atoms with van der Waals surface area (Å²) < 4.78 is 36.4. The Bertz CT molecular complexity index is 359. The Morgan fingerprint density at radius 2 is 2.00 bits per heavy atom. The van der Waals surface area contributed by atoms with Crippen LogP contribution in [0.15, 0.2) is 0 Å². The molecule has 104 valence electrons. The fourth-order valence-corrected chi connectivity index (χ4v) is 1.88. The van der Waals surface area contributed by atoms with Crippen molar-refractivity contribution in [2.24, 2.45) is 5.41 Å². The number of carbonyl (C=O) groups excluding carboxylic acids is 1. The van der Waals surface area contributed by atoms with Crippen LogP contribution < -0.4 is 0 Å². The molecule has 1 rings (SSSR count). The largest absolute Gasteiger partial charge is 0.481 e. The molecule has 0 saturated carbocycles. The Morgan fingerprint density at radius 3 is 2.39 bits per heavy atom. The van der Waals surface area contributed by atoms with Crippen LogP contribution in [0, 0.1) is 5.41 Å². The Balaban J connectivity index is 2.63. The molecule has 1 N–H and O–H groups in total. The van der Waals surface area contributed by atoms with E-state index in [1.807, 2.05) is 0 Å². The highest BCUT2D eigenvalue weighted by Crippen LogP contribution is 2.30. The standard InChI is InChI=1S/C10H15F3N2O3/c1-9(7(16)17)3-4-15(5-9)8(18)14(2)6-10(11,12)13/h3-6H2,1-2H3,(H,16,17). The first-order valence-electron chi connectivity index (χ1n) is 5.35. The number of carboxylic acid groups (broad SMARTS) is 1. The van der Waals surface area contributed by atoms with E-state index in [1.165, 1.54) is 6.92 Å². The number of nitrogens with zero attached hydrogens (tertiary/aromatic N) is 2. The zero-order chi connectivity index (χ0) is 14.1. The number of halogens is 3. The van der Waals surface area contributed by atoms with Gasteiger partial charge in [-0.15, -0.1) is 0 Å². The number of alkyl halides is 3. The average Bonchev–Trinajstić information content (AvgIpc) is 2.58. The van der Waals surface area contributed by atoms with Gasteiger partial charge in [0.05, 0.1) is 5.41 Å². The summed E-state index contributed by atoms with van der Waals surface area (Å²) in [6.45, 7) is 0.228. The third-order valence-electron chi connectivity index (χ3n) is 3.00. The zero-order valence-electron chi connectivity index (χ0n) is 10.1. The molecule has 1 heterocycles. The van der Waals surface area contributed by atoms with Crippen molar-refractivity contribution in [1.82, 2.24) is 9.80 Å². The van der Waals surface area contributed by atoms with Crippen LogP contribution in [0.5, 0.6) is 0 Å². The minimum absolute atomic E-state index is 0.0661.